The van der Waals surface area contributed by atoms with Crippen LogP contribution in [-0.4, -0.2) is 178 Å². The van der Waals surface area contributed by atoms with Crippen molar-refractivity contribution in [2.75, 3.05) is 65.7 Å². The van der Waals surface area contributed by atoms with Gasteiger partial charge in [0, 0.05) is 95.8 Å². The summed E-state index contributed by atoms with van der Waals surface area (Å²) in [6.07, 6.45) is 20.2. The number of ketones is 3. The molecule has 0 bridgehead atoms. The Balaban J connectivity index is 0.000000205. The van der Waals surface area contributed by atoms with Crippen molar-refractivity contribution in [3.8, 4) is 0 Å². The maximum atomic E-state index is 15.7. The molecule has 7 saturated carbocycles. The van der Waals surface area contributed by atoms with Crippen molar-refractivity contribution >= 4 is 67.5 Å². The summed E-state index contributed by atoms with van der Waals surface area (Å²) >= 11 is 0. The van der Waals surface area contributed by atoms with Crippen LogP contribution in [0.25, 0.3) is 0 Å². The molecule has 0 aromatic carbocycles. The fourth-order valence-electron chi connectivity index (χ4n) is 22.6. The molecule has 5 N–H and O–H groups in total. The first-order valence-electron chi connectivity index (χ1n) is 38.7. The molecule has 6 saturated heterocycles. The Bertz CT molecular complexity index is 3590. The van der Waals surface area contributed by atoms with Crippen molar-refractivity contribution in [2.24, 2.45) is 83.1 Å². The third-order valence-electron chi connectivity index (χ3n) is 30.4. The van der Waals surface area contributed by atoms with E-state index in [9.17, 15) is 45.6 Å². The monoisotopic (exact) mass is 1460 g/mol. The van der Waals surface area contributed by atoms with Gasteiger partial charge in [-0.15, -0.1) is 13.2 Å². The standard InChI is InChI=1S/C46H72N4O9S.C31H48N4O6S/c1-9-31-27-44(31,38(54)48-60(56,57)49-22-13-14-23-49)29-35(52)33-28-46(41(5,6)45(46)18-15-19-45)30-50(33)37(53)32(42(7)20-24-58-25-21-42)26-34(51)36(43(8)16-11-10-12-17-43)47-39(55)59-40(2,3)4;1-5-21-17-29(21,26(38)33-42(39,40)34-13-6-7-14-34)19-23(36)22-18-31(27(2,3)30(31)9-8-10-30)20-35(22)25(37)24(32)28(4)11-15-41-16-12-28/h9,31-33,36H,1,10-30H2,2-8H3,(H,47,55)(H,48,54);5,21-22,24H,1,6-20,32H2,2-4H3,(H,33,38)/t31-,32-,33+,36-,44-,46-;21-,22+,24-,29-,31-/m11/s1. The molecule has 0 aromatic rings. The molecule has 11 atom stereocenters. The summed E-state index contributed by atoms with van der Waals surface area (Å²) < 4.78 is 76.6. The number of nitrogens with one attached hydrogen (secondary N) is 3. The predicted octanol–water partition coefficient (Wildman–Crippen LogP) is 9.18. The van der Waals surface area contributed by atoms with E-state index in [4.69, 9.17) is 19.9 Å². The Labute approximate surface area is 606 Å². The first kappa shape index (κ1) is 77.0. The van der Waals surface area contributed by atoms with Crippen molar-refractivity contribution in [3.05, 3.63) is 25.3 Å². The molecule has 6 aliphatic heterocycles. The normalized spacial score (nSPS) is 34.2. The lowest BCUT2D eigenvalue weighted by molar-refractivity contribution is -0.150. The molecular formula is C77H120N8O15S2. The van der Waals surface area contributed by atoms with Crippen LogP contribution in [-0.2, 0) is 68.2 Å². The number of nitrogens with two attached hydrogens (primary N) is 1. The number of rotatable bonds is 23. The van der Waals surface area contributed by atoms with Crippen LogP contribution < -0.4 is 20.5 Å². The first-order valence-corrected chi connectivity index (χ1v) is 41.6. The molecule has 4 spiro atoms. The van der Waals surface area contributed by atoms with E-state index in [-0.39, 0.29) is 92.8 Å². The third-order valence-corrected chi connectivity index (χ3v) is 33.4. The van der Waals surface area contributed by atoms with Gasteiger partial charge in [0.05, 0.1) is 40.9 Å². The highest BCUT2D eigenvalue weighted by molar-refractivity contribution is 7.88. The Kier molecular flexibility index (Phi) is 20.3. The molecule has 102 heavy (non-hydrogen) atoms. The first-order chi connectivity index (χ1) is 47.7. The van der Waals surface area contributed by atoms with Gasteiger partial charge in [-0.2, -0.15) is 25.4 Å². The number of allylic oxidation sites excluding steroid dienone is 2. The molecule has 0 unspecified atom stereocenters. The second-order valence-corrected chi connectivity index (χ2v) is 40.3. The lowest BCUT2D eigenvalue weighted by Gasteiger charge is -2.44. The second-order valence-electron chi connectivity index (χ2n) is 37.0. The van der Waals surface area contributed by atoms with Gasteiger partial charge in [-0.05, 0) is 186 Å². The van der Waals surface area contributed by atoms with E-state index in [1.807, 2.05) is 6.92 Å². The largest absolute Gasteiger partial charge is 0.444 e. The zero-order valence-corrected chi connectivity index (χ0v) is 64.5. The highest BCUT2D eigenvalue weighted by atomic mass is 32.2. The maximum absolute atomic E-state index is 15.7. The van der Waals surface area contributed by atoms with E-state index in [1.54, 1.807) is 42.7 Å². The number of likely N-dealkylation sites (tertiary alicyclic amines) is 2. The summed E-state index contributed by atoms with van der Waals surface area (Å²) in [5.74, 6) is -3.90. The molecule has 13 fully saturated rings. The average molecular weight is 1460 g/mol. The van der Waals surface area contributed by atoms with Crippen LogP contribution in [0, 0.1) is 77.3 Å². The lowest BCUT2D eigenvalue weighted by atomic mass is 9.65. The second kappa shape index (κ2) is 26.9. The van der Waals surface area contributed by atoms with Crippen molar-refractivity contribution in [1.82, 2.24) is 33.2 Å². The van der Waals surface area contributed by atoms with Gasteiger partial charge >= 0.3 is 26.5 Å². The minimum atomic E-state index is -4.08. The summed E-state index contributed by atoms with van der Waals surface area (Å²) in [6.45, 7) is 32.6. The summed E-state index contributed by atoms with van der Waals surface area (Å²) in [5.41, 5.74) is 1.49. The minimum absolute atomic E-state index is 0.000582. The third kappa shape index (κ3) is 12.7. The smallest absolute Gasteiger partial charge is 0.408 e. The maximum Gasteiger partial charge on any atom is 0.408 e. The molecule has 13 aliphatic rings. The van der Waals surface area contributed by atoms with Crippen LogP contribution in [0.4, 0.5) is 4.79 Å². The Morgan fingerprint density at radius 2 is 0.931 bits per heavy atom. The van der Waals surface area contributed by atoms with Crippen molar-refractivity contribution in [2.45, 2.75) is 266 Å². The van der Waals surface area contributed by atoms with Gasteiger partial charge in [0.15, 0.2) is 17.3 Å². The molecular weight excluding hydrogens is 1340 g/mol. The number of nitrogens with zero attached hydrogens (tertiary/aromatic N) is 4. The van der Waals surface area contributed by atoms with Gasteiger partial charge < -0.3 is 35.1 Å². The van der Waals surface area contributed by atoms with Gasteiger partial charge in [0.25, 0.3) is 0 Å². The molecule has 0 radical (unpaired) electrons. The van der Waals surface area contributed by atoms with Gasteiger partial charge in [-0.1, -0.05) is 92.7 Å². The Morgan fingerprint density at radius 3 is 1.29 bits per heavy atom. The van der Waals surface area contributed by atoms with Gasteiger partial charge in [-0.25, -0.2) is 14.2 Å². The number of hydrogen-bond donors (Lipinski definition) is 4. The van der Waals surface area contributed by atoms with Crippen LogP contribution in [0.5, 0.6) is 0 Å². The number of alkyl carbamates (subject to hydrolysis) is 1. The topological polar surface area (TPSA) is 308 Å². The molecule has 6 heterocycles. The van der Waals surface area contributed by atoms with Crippen LogP contribution in [0.15, 0.2) is 25.3 Å². The highest BCUT2D eigenvalue weighted by Crippen LogP contribution is 2.89. The van der Waals surface area contributed by atoms with Crippen molar-refractivity contribution in [3.63, 3.8) is 0 Å². The van der Waals surface area contributed by atoms with E-state index in [0.717, 1.165) is 96.3 Å². The Hall–Kier alpha value is -4.66. The molecule has 13 rings (SSSR count). The number of fused-ring (bicyclic) bond motifs is 2. The molecule has 25 heteroatoms. The molecule has 5 amide bonds. The van der Waals surface area contributed by atoms with Crippen molar-refractivity contribution < 1.29 is 69.4 Å². The lowest BCUT2D eigenvalue weighted by Crippen LogP contribution is -2.56. The number of ether oxygens (including phenoxy) is 3. The zero-order valence-electron chi connectivity index (χ0n) is 62.9. The number of Topliss-reactive ketones (excluding diaryl/α,β-unsaturated/α-hetero) is 3. The fraction of sp³-hybridized carbons (Fsp3) is 0.844. The molecule has 23 nitrogen and oxygen atoms in total. The number of amides is 5. The predicted molar refractivity (Wildman–Crippen MR) is 383 cm³/mol. The molecule has 570 valence electrons. The van der Waals surface area contributed by atoms with Gasteiger partial charge in [0.1, 0.15) is 5.60 Å². The molecule has 0 aromatic heterocycles. The van der Waals surface area contributed by atoms with Crippen LogP contribution in [0.1, 0.15) is 236 Å². The van der Waals surface area contributed by atoms with E-state index >= 15 is 9.59 Å². The minimum Gasteiger partial charge on any atom is -0.444 e. The molecule has 7 aliphatic carbocycles. The fourth-order valence-corrected chi connectivity index (χ4v) is 25.2. The summed E-state index contributed by atoms with van der Waals surface area (Å²) in [4.78, 5) is 119. The van der Waals surface area contributed by atoms with Crippen molar-refractivity contribution in [1.29, 1.82) is 0 Å². The van der Waals surface area contributed by atoms with Gasteiger partial charge in [0.2, 0.25) is 23.6 Å². The Morgan fingerprint density at radius 1 is 0.529 bits per heavy atom. The van der Waals surface area contributed by atoms with Crippen LogP contribution in [0.3, 0.4) is 0 Å². The van der Waals surface area contributed by atoms with E-state index in [2.05, 4.69) is 69.5 Å². The van der Waals surface area contributed by atoms with Crippen LogP contribution in [0.2, 0.25) is 0 Å². The van der Waals surface area contributed by atoms with E-state index in [0.29, 0.717) is 117 Å². The summed E-state index contributed by atoms with van der Waals surface area (Å²) in [5, 5.41) is 2.98. The summed E-state index contributed by atoms with van der Waals surface area (Å²) in [6, 6.07) is -3.14. The zero-order chi connectivity index (χ0) is 74.1. The van der Waals surface area contributed by atoms with Crippen LogP contribution >= 0.6 is 0 Å². The SMILES string of the molecule is C=C[C@@H]1C[C@]1(CC(=O)[C@@H]1C[C@@]2(CN1C(=O)[C@@H](CC(=O)[C@@H](NC(=O)OC(C)(C)C)C1(C)CCCCC1)C1(C)CCOCC1)C(C)(C)C21CCC1)C(=O)NS(=O)(=O)N1CCCC1.C=C[C@@H]1C[C@]1(CC(=O)[C@@H]1C[C@@]2(CN1C(=O)[C@@H](N)C1(C)CCOCC1)C(C)(C)C21CCC1)C(=O)NS(=O)(=O)N1CCCC1. The van der Waals surface area contributed by atoms with Gasteiger partial charge in [-0.3, -0.25) is 33.6 Å². The summed E-state index contributed by atoms with van der Waals surface area (Å²) in [7, 11) is -8.06. The average Bonchev–Trinajstić information content (AvgIpc) is 1.46. The number of carbonyl (C=O) groups excluding carboxylic acids is 8. The quantitative estimate of drug-likeness (QED) is 0.0693. The van der Waals surface area contributed by atoms with E-state index < -0.39 is 101 Å². The number of hydrogen-bond acceptors (Lipinski definition) is 16. The van der Waals surface area contributed by atoms with E-state index in [1.165, 1.54) is 8.61 Å². The number of carbonyl (C=O) groups is 8. The highest BCUT2D eigenvalue weighted by Gasteiger charge is 2.87.